The smallest absolute Gasteiger partial charge is 0.271 e. The van der Waals surface area contributed by atoms with Crippen LogP contribution in [0.25, 0.3) is 10.2 Å². The highest BCUT2D eigenvalue weighted by Gasteiger charge is 2.17. The van der Waals surface area contributed by atoms with Crippen LogP contribution in [-0.4, -0.2) is 26.0 Å². The summed E-state index contributed by atoms with van der Waals surface area (Å²) >= 11 is 2.80. The Morgan fingerprint density at radius 1 is 1.43 bits per heavy atom. The third-order valence-corrected chi connectivity index (χ3v) is 6.51. The first-order chi connectivity index (χ1) is 13.3. The number of hydrogen-bond donors (Lipinski definition) is 2. The molecule has 1 aromatic carbocycles. The van der Waals surface area contributed by atoms with Gasteiger partial charge in [0.15, 0.2) is 0 Å². The number of aromatic amines is 1. The fraction of sp³-hybridized carbons (Fsp3) is 0.278. The maximum Gasteiger partial charge on any atom is 0.271 e. The molecule has 0 spiro atoms. The van der Waals surface area contributed by atoms with Crippen LogP contribution in [0.1, 0.15) is 23.2 Å². The Hall–Kier alpha value is -2.72. The topological polar surface area (TPSA) is 118 Å². The molecule has 146 valence electrons. The zero-order chi connectivity index (χ0) is 20.4. The number of hydrogen-bond acceptors (Lipinski definition) is 7. The molecule has 0 radical (unpaired) electrons. The summed E-state index contributed by atoms with van der Waals surface area (Å²) in [5, 5.41) is 13.7. The molecule has 3 aromatic rings. The molecule has 0 saturated carbocycles. The Kier molecular flexibility index (Phi) is 5.80. The van der Waals surface area contributed by atoms with Gasteiger partial charge in [0.1, 0.15) is 10.7 Å². The Bertz CT molecular complexity index is 1120. The Morgan fingerprint density at radius 2 is 2.18 bits per heavy atom. The van der Waals surface area contributed by atoms with Gasteiger partial charge in [-0.2, -0.15) is 0 Å². The van der Waals surface area contributed by atoms with E-state index in [1.165, 1.54) is 41.3 Å². The molecule has 0 aliphatic rings. The van der Waals surface area contributed by atoms with Gasteiger partial charge in [-0.25, -0.2) is 4.98 Å². The zero-order valence-corrected chi connectivity index (χ0v) is 17.1. The number of benzene rings is 1. The van der Waals surface area contributed by atoms with Crippen molar-refractivity contribution in [3.05, 3.63) is 61.0 Å². The van der Waals surface area contributed by atoms with Gasteiger partial charge < -0.3 is 10.3 Å². The van der Waals surface area contributed by atoms with Crippen LogP contribution in [0.15, 0.2) is 29.1 Å². The van der Waals surface area contributed by atoms with Gasteiger partial charge in [0.05, 0.1) is 21.3 Å². The first-order valence-electron chi connectivity index (χ1n) is 8.42. The number of anilines is 1. The molecule has 1 amide bonds. The van der Waals surface area contributed by atoms with Crippen molar-refractivity contribution in [1.29, 1.82) is 0 Å². The number of thiophene rings is 1. The fourth-order valence-corrected chi connectivity index (χ4v) is 4.39. The number of fused-ring (bicyclic) bond motifs is 1. The molecule has 2 heterocycles. The maximum atomic E-state index is 12.4. The van der Waals surface area contributed by atoms with Gasteiger partial charge >= 0.3 is 0 Å². The summed E-state index contributed by atoms with van der Waals surface area (Å²) in [6, 6.07) is 5.78. The normalized spacial score (nSPS) is 12.1. The van der Waals surface area contributed by atoms with Crippen LogP contribution in [0, 0.1) is 24.0 Å². The van der Waals surface area contributed by atoms with Crippen molar-refractivity contribution >= 4 is 50.6 Å². The Balaban J connectivity index is 1.66. The molecule has 0 fully saturated rings. The standard InChI is InChI=1S/C18H18N4O4S2/c1-9-10(2)28-18-15(9)17(24)20-14(21-18)8-27-11(3)16(23)19-12-5-4-6-13(7-12)22(25)26/h4-7,11H,8H2,1-3H3,(H,19,23)(H,20,21,24). The van der Waals surface area contributed by atoms with E-state index in [0.717, 1.165) is 10.4 Å². The molecule has 0 aliphatic heterocycles. The number of aryl methyl sites for hydroxylation is 2. The lowest BCUT2D eigenvalue weighted by atomic mass is 10.2. The molecule has 1 atom stereocenters. The molecular weight excluding hydrogens is 400 g/mol. The lowest BCUT2D eigenvalue weighted by Gasteiger charge is -2.11. The third-order valence-electron chi connectivity index (χ3n) is 4.25. The third kappa shape index (κ3) is 4.23. The quantitative estimate of drug-likeness (QED) is 0.465. The van der Waals surface area contributed by atoms with Crippen molar-refractivity contribution in [2.45, 2.75) is 31.8 Å². The molecular formula is C18H18N4O4S2. The predicted molar refractivity (Wildman–Crippen MR) is 112 cm³/mol. The highest BCUT2D eigenvalue weighted by molar-refractivity contribution is 7.99. The number of H-pyrrole nitrogens is 1. The molecule has 2 aromatic heterocycles. The average molecular weight is 419 g/mol. The molecule has 1 unspecified atom stereocenters. The number of amides is 1. The lowest BCUT2D eigenvalue weighted by Crippen LogP contribution is -2.23. The van der Waals surface area contributed by atoms with E-state index < -0.39 is 10.2 Å². The molecule has 0 aliphatic carbocycles. The maximum absolute atomic E-state index is 12.4. The van der Waals surface area contributed by atoms with Gasteiger partial charge in [-0.15, -0.1) is 23.1 Å². The minimum Gasteiger partial charge on any atom is -0.325 e. The highest BCUT2D eigenvalue weighted by atomic mass is 32.2. The number of nitrogens with zero attached hydrogens (tertiary/aromatic N) is 2. The summed E-state index contributed by atoms with van der Waals surface area (Å²) in [5.41, 5.74) is 1.05. The fourth-order valence-electron chi connectivity index (χ4n) is 2.59. The van der Waals surface area contributed by atoms with Crippen LogP contribution >= 0.6 is 23.1 Å². The number of nitrogens with one attached hydrogen (secondary N) is 2. The Labute approximate surface area is 168 Å². The largest absolute Gasteiger partial charge is 0.325 e. The molecule has 10 heteroatoms. The average Bonchev–Trinajstić information content (AvgIpc) is 2.94. The SMILES string of the molecule is Cc1sc2nc(CSC(C)C(=O)Nc3cccc([N+](=O)[O-])c3)[nH]c(=O)c2c1C. The summed E-state index contributed by atoms with van der Waals surface area (Å²) in [6.07, 6.45) is 0. The van der Waals surface area contributed by atoms with Crippen LogP contribution in [-0.2, 0) is 10.5 Å². The number of carbonyl (C=O) groups is 1. The van der Waals surface area contributed by atoms with Crippen molar-refractivity contribution in [3.8, 4) is 0 Å². The number of carbonyl (C=O) groups excluding carboxylic acids is 1. The van der Waals surface area contributed by atoms with Crippen molar-refractivity contribution in [3.63, 3.8) is 0 Å². The molecule has 8 nitrogen and oxygen atoms in total. The van der Waals surface area contributed by atoms with Crippen LogP contribution in [0.3, 0.4) is 0 Å². The van der Waals surface area contributed by atoms with Crippen LogP contribution in [0.2, 0.25) is 0 Å². The van der Waals surface area contributed by atoms with Gasteiger partial charge in [0.2, 0.25) is 5.91 Å². The van der Waals surface area contributed by atoms with Gasteiger partial charge in [-0.05, 0) is 32.4 Å². The number of nitro benzene ring substituents is 1. The summed E-state index contributed by atoms with van der Waals surface area (Å²) in [5.74, 6) is 0.598. The molecule has 28 heavy (non-hydrogen) atoms. The summed E-state index contributed by atoms with van der Waals surface area (Å²) in [6.45, 7) is 5.59. The summed E-state index contributed by atoms with van der Waals surface area (Å²) in [4.78, 5) is 44.0. The van der Waals surface area contributed by atoms with E-state index in [1.807, 2.05) is 13.8 Å². The molecule has 2 N–H and O–H groups in total. The number of aromatic nitrogens is 2. The van der Waals surface area contributed by atoms with E-state index in [-0.39, 0.29) is 17.2 Å². The second-order valence-electron chi connectivity index (χ2n) is 6.23. The minimum absolute atomic E-state index is 0.0882. The van der Waals surface area contributed by atoms with Crippen molar-refractivity contribution in [2.24, 2.45) is 0 Å². The summed E-state index contributed by atoms with van der Waals surface area (Å²) in [7, 11) is 0. The Morgan fingerprint density at radius 3 is 2.89 bits per heavy atom. The minimum atomic E-state index is -0.514. The number of non-ortho nitro benzene ring substituents is 1. The lowest BCUT2D eigenvalue weighted by molar-refractivity contribution is -0.384. The molecule has 0 bridgehead atoms. The summed E-state index contributed by atoms with van der Waals surface area (Å²) < 4.78 is 0. The van der Waals surface area contributed by atoms with Gasteiger partial charge in [-0.1, -0.05) is 6.07 Å². The number of thioether (sulfide) groups is 1. The first-order valence-corrected chi connectivity index (χ1v) is 10.3. The van der Waals surface area contributed by atoms with E-state index in [4.69, 9.17) is 0 Å². The first kappa shape index (κ1) is 20.0. The van der Waals surface area contributed by atoms with Crippen LogP contribution in [0.5, 0.6) is 0 Å². The van der Waals surface area contributed by atoms with E-state index in [1.54, 1.807) is 13.0 Å². The van der Waals surface area contributed by atoms with E-state index in [2.05, 4.69) is 15.3 Å². The van der Waals surface area contributed by atoms with E-state index in [9.17, 15) is 19.7 Å². The monoisotopic (exact) mass is 418 g/mol. The van der Waals surface area contributed by atoms with Crippen LogP contribution < -0.4 is 10.9 Å². The second kappa shape index (κ2) is 8.11. The van der Waals surface area contributed by atoms with Gasteiger partial charge in [0, 0.05) is 22.7 Å². The zero-order valence-electron chi connectivity index (χ0n) is 15.4. The predicted octanol–water partition coefficient (Wildman–Crippen LogP) is 3.77. The van der Waals surface area contributed by atoms with Gasteiger partial charge in [0.25, 0.3) is 11.2 Å². The number of nitro groups is 1. The van der Waals surface area contributed by atoms with Crippen molar-refractivity contribution < 1.29 is 9.72 Å². The highest BCUT2D eigenvalue weighted by Crippen LogP contribution is 2.27. The second-order valence-corrected chi connectivity index (χ2v) is 8.76. The van der Waals surface area contributed by atoms with E-state index in [0.29, 0.717) is 27.5 Å². The molecule has 3 rings (SSSR count). The molecule has 0 saturated heterocycles. The number of rotatable bonds is 6. The van der Waals surface area contributed by atoms with Gasteiger partial charge in [-0.3, -0.25) is 19.7 Å². The van der Waals surface area contributed by atoms with E-state index >= 15 is 0 Å². The van der Waals surface area contributed by atoms with Crippen molar-refractivity contribution in [1.82, 2.24) is 9.97 Å². The van der Waals surface area contributed by atoms with Crippen molar-refractivity contribution in [2.75, 3.05) is 5.32 Å². The van der Waals surface area contributed by atoms with Crippen LogP contribution in [0.4, 0.5) is 11.4 Å².